The number of rotatable bonds is 7. The lowest BCUT2D eigenvalue weighted by molar-refractivity contribution is -0.123. The van der Waals surface area contributed by atoms with Crippen LogP contribution in [0.4, 0.5) is 0 Å². The van der Waals surface area contributed by atoms with E-state index < -0.39 is 0 Å². The van der Waals surface area contributed by atoms with Gasteiger partial charge in [-0.25, -0.2) is 0 Å². The summed E-state index contributed by atoms with van der Waals surface area (Å²) in [7, 11) is 0. The van der Waals surface area contributed by atoms with E-state index in [0.29, 0.717) is 30.5 Å². The number of benzene rings is 1. The molecule has 0 spiro atoms. The fourth-order valence-corrected chi connectivity index (χ4v) is 3.99. The molecule has 150 valence electrons. The van der Waals surface area contributed by atoms with Crippen LogP contribution in [0.1, 0.15) is 30.8 Å². The maximum absolute atomic E-state index is 12.1. The largest absolute Gasteiger partial charge is 0.493 e. The molecule has 4 rings (SSSR count). The van der Waals surface area contributed by atoms with Crippen LogP contribution < -0.4 is 15.4 Å². The standard InChI is InChI=1S/C20H21N5O3S/c1-2-27-16-6-4-3-5-14(16)19-24-18(28-25-19)12-29-20-22-15(11-17(26)23-20)13-7-9-21-10-8-13/h3-10,15,20,22H,2,11-12H2,1H3,(H,23,26). The first kappa shape index (κ1) is 19.4. The van der Waals surface area contributed by atoms with Crippen LogP contribution in [0.3, 0.4) is 0 Å². The van der Waals surface area contributed by atoms with Gasteiger partial charge >= 0.3 is 0 Å². The van der Waals surface area contributed by atoms with E-state index in [2.05, 4.69) is 25.8 Å². The Morgan fingerprint density at radius 1 is 1.24 bits per heavy atom. The molecule has 8 nitrogen and oxygen atoms in total. The first-order chi connectivity index (χ1) is 14.2. The minimum absolute atomic E-state index is 0.0000721. The third-order valence-electron chi connectivity index (χ3n) is 4.41. The highest BCUT2D eigenvalue weighted by molar-refractivity contribution is 7.99. The van der Waals surface area contributed by atoms with Crippen molar-refractivity contribution in [2.75, 3.05) is 6.61 Å². The van der Waals surface area contributed by atoms with Crippen molar-refractivity contribution in [2.24, 2.45) is 0 Å². The van der Waals surface area contributed by atoms with Crippen LogP contribution in [0.2, 0.25) is 0 Å². The summed E-state index contributed by atoms with van der Waals surface area (Å²) in [5.41, 5.74) is 1.57. The van der Waals surface area contributed by atoms with E-state index in [1.54, 1.807) is 12.4 Å². The van der Waals surface area contributed by atoms with Crippen molar-refractivity contribution in [1.82, 2.24) is 25.8 Å². The normalized spacial score (nSPS) is 19.0. The van der Waals surface area contributed by atoms with Crippen molar-refractivity contribution in [3.63, 3.8) is 0 Å². The molecule has 1 saturated heterocycles. The van der Waals surface area contributed by atoms with Crippen LogP contribution in [-0.2, 0) is 10.5 Å². The number of nitrogens with one attached hydrogen (secondary N) is 2. The van der Waals surface area contributed by atoms with E-state index in [-0.39, 0.29) is 17.4 Å². The number of amides is 1. The SMILES string of the molecule is CCOc1ccccc1-c1noc(CSC2NC(=O)CC(c3ccncc3)N2)n1. The lowest BCUT2D eigenvalue weighted by Crippen LogP contribution is -2.50. The van der Waals surface area contributed by atoms with Gasteiger partial charge in [0.15, 0.2) is 0 Å². The molecule has 3 aromatic rings. The van der Waals surface area contributed by atoms with Crippen molar-refractivity contribution in [3.8, 4) is 17.1 Å². The number of aromatic nitrogens is 3. The number of hydrogen-bond donors (Lipinski definition) is 2. The van der Waals surface area contributed by atoms with E-state index in [0.717, 1.165) is 16.9 Å². The Hall–Kier alpha value is -2.91. The van der Waals surface area contributed by atoms with E-state index >= 15 is 0 Å². The number of carbonyl (C=O) groups excluding carboxylic acids is 1. The molecule has 2 aromatic heterocycles. The lowest BCUT2D eigenvalue weighted by atomic mass is 10.0. The van der Waals surface area contributed by atoms with Gasteiger partial charge in [-0.15, -0.1) is 11.8 Å². The molecular weight excluding hydrogens is 390 g/mol. The number of hydrogen-bond acceptors (Lipinski definition) is 8. The molecule has 1 aliphatic heterocycles. The molecule has 1 fully saturated rings. The number of para-hydroxylation sites is 1. The second kappa shape index (κ2) is 9.06. The fraction of sp³-hybridized carbons (Fsp3) is 0.300. The lowest BCUT2D eigenvalue weighted by Gasteiger charge is -2.31. The Balaban J connectivity index is 1.40. The molecule has 0 saturated carbocycles. The number of thioether (sulfide) groups is 1. The molecule has 1 amide bonds. The second-order valence-electron chi connectivity index (χ2n) is 6.40. The predicted molar refractivity (Wildman–Crippen MR) is 109 cm³/mol. The van der Waals surface area contributed by atoms with Crippen molar-refractivity contribution in [3.05, 3.63) is 60.2 Å². The molecule has 2 unspecified atom stereocenters. The molecule has 29 heavy (non-hydrogen) atoms. The molecule has 1 aromatic carbocycles. The summed E-state index contributed by atoms with van der Waals surface area (Å²) in [5.74, 6) is 2.15. The maximum Gasteiger partial charge on any atom is 0.237 e. The summed E-state index contributed by atoms with van der Waals surface area (Å²) in [5, 5.41) is 10.4. The molecule has 3 heterocycles. The monoisotopic (exact) mass is 411 g/mol. The third-order valence-corrected chi connectivity index (χ3v) is 5.41. The van der Waals surface area contributed by atoms with Crippen LogP contribution >= 0.6 is 11.8 Å². The van der Waals surface area contributed by atoms with E-state index in [1.807, 2.05) is 43.3 Å². The first-order valence-electron chi connectivity index (χ1n) is 9.34. The van der Waals surface area contributed by atoms with Gasteiger partial charge in [0, 0.05) is 24.9 Å². The second-order valence-corrected chi connectivity index (χ2v) is 7.50. The van der Waals surface area contributed by atoms with Crippen LogP contribution in [0.5, 0.6) is 5.75 Å². The molecule has 2 atom stereocenters. The number of ether oxygens (including phenoxy) is 1. The summed E-state index contributed by atoms with van der Waals surface area (Å²) in [6.45, 7) is 2.49. The highest BCUT2D eigenvalue weighted by atomic mass is 32.2. The van der Waals surface area contributed by atoms with Gasteiger partial charge in [-0.2, -0.15) is 4.98 Å². The summed E-state index contributed by atoms with van der Waals surface area (Å²) in [6, 6.07) is 11.4. The summed E-state index contributed by atoms with van der Waals surface area (Å²) in [4.78, 5) is 20.6. The van der Waals surface area contributed by atoms with Crippen LogP contribution in [-0.4, -0.2) is 33.1 Å². The molecule has 2 N–H and O–H groups in total. The summed E-state index contributed by atoms with van der Waals surface area (Å²) >= 11 is 1.49. The number of pyridine rings is 1. The highest BCUT2D eigenvalue weighted by Gasteiger charge is 2.27. The van der Waals surface area contributed by atoms with Crippen molar-refractivity contribution >= 4 is 17.7 Å². The van der Waals surface area contributed by atoms with Gasteiger partial charge in [-0.3, -0.25) is 15.1 Å². The maximum atomic E-state index is 12.1. The van der Waals surface area contributed by atoms with Gasteiger partial charge in [-0.05, 0) is 36.8 Å². The average Bonchev–Trinajstić information content (AvgIpc) is 3.22. The zero-order valence-corrected chi connectivity index (χ0v) is 16.7. The Labute approximate surface area is 172 Å². The van der Waals surface area contributed by atoms with Crippen LogP contribution in [0.25, 0.3) is 11.4 Å². The molecular formula is C20H21N5O3S. The molecule has 0 radical (unpaired) electrons. The highest BCUT2D eigenvalue weighted by Crippen LogP contribution is 2.29. The Morgan fingerprint density at radius 2 is 2.07 bits per heavy atom. The third kappa shape index (κ3) is 4.75. The van der Waals surface area contributed by atoms with Crippen LogP contribution in [0, 0.1) is 0 Å². The fourth-order valence-electron chi connectivity index (χ4n) is 3.08. The molecule has 0 aliphatic carbocycles. The summed E-state index contributed by atoms with van der Waals surface area (Å²) < 4.78 is 11.0. The Bertz CT molecular complexity index is 966. The quantitative estimate of drug-likeness (QED) is 0.612. The van der Waals surface area contributed by atoms with Gasteiger partial charge in [0.25, 0.3) is 0 Å². The topological polar surface area (TPSA) is 102 Å². The smallest absolute Gasteiger partial charge is 0.237 e. The van der Waals surface area contributed by atoms with E-state index in [9.17, 15) is 4.79 Å². The minimum Gasteiger partial charge on any atom is -0.493 e. The van der Waals surface area contributed by atoms with E-state index in [1.165, 1.54) is 11.8 Å². The van der Waals surface area contributed by atoms with Gasteiger partial charge < -0.3 is 14.6 Å². The minimum atomic E-state index is -0.250. The van der Waals surface area contributed by atoms with E-state index in [4.69, 9.17) is 9.26 Å². The van der Waals surface area contributed by atoms with Gasteiger partial charge in [0.2, 0.25) is 17.6 Å². The van der Waals surface area contributed by atoms with Crippen molar-refractivity contribution in [1.29, 1.82) is 0 Å². The predicted octanol–water partition coefficient (Wildman–Crippen LogP) is 2.90. The molecule has 0 bridgehead atoms. The molecule has 9 heteroatoms. The Morgan fingerprint density at radius 3 is 2.90 bits per heavy atom. The van der Waals surface area contributed by atoms with Gasteiger partial charge in [-0.1, -0.05) is 17.3 Å². The zero-order chi connectivity index (χ0) is 20.1. The van der Waals surface area contributed by atoms with Crippen molar-refractivity contribution in [2.45, 2.75) is 30.6 Å². The first-order valence-corrected chi connectivity index (χ1v) is 10.4. The van der Waals surface area contributed by atoms with Crippen LogP contribution in [0.15, 0.2) is 53.3 Å². The Kier molecular flexibility index (Phi) is 6.06. The van der Waals surface area contributed by atoms with Gasteiger partial charge in [0.1, 0.15) is 11.2 Å². The summed E-state index contributed by atoms with van der Waals surface area (Å²) in [6.07, 6.45) is 3.84. The number of nitrogens with zero attached hydrogens (tertiary/aromatic N) is 3. The van der Waals surface area contributed by atoms with Gasteiger partial charge in [0.05, 0.1) is 17.9 Å². The van der Waals surface area contributed by atoms with Crippen molar-refractivity contribution < 1.29 is 14.1 Å². The molecule has 1 aliphatic rings. The number of carbonyl (C=O) groups is 1. The zero-order valence-electron chi connectivity index (χ0n) is 15.9. The average molecular weight is 411 g/mol.